The van der Waals surface area contributed by atoms with Crippen LogP contribution in [0.15, 0.2) is 35.0 Å². The van der Waals surface area contributed by atoms with Gasteiger partial charge in [0.2, 0.25) is 5.52 Å². The molecule has 2 heterocycles. The van der Waals surface area contributed by atoms with Crippen LogP contribution in [0, 0.1) is 16.0 Å². The van der Waals surface area contributed by atoms with Gasteiger partial charge in [0, 0.05) is 13.1 Å². The molecule has 1 aliphatic heterocycles. The molecule has 4 rings (SSSR count). The van der Waals surface area contributed by atoms with E-state index in [0.29, 0.717) is 17.1 Å². The highest BCUT2D eigenvalue weighted by Gasteiger charge is 2.29. The lowest BCUT2D eigenvalue weighted by molar-refractivity contribution is -0.382. The molecule has 3 aromatic rings. The third-order valence-electron chi connectivity index (χ3n) is 4.85. The van der Waals surface area contributed by atoms with E-state index < -0.39 is 4.92 Å². The van der Waals surface area contributed by atoms with Crippen LogP contribution in [0.1, 0.15) is 19.8 Å². The summed E-state index contributed by atoms with van der Waals surface area (Å²) in [6.45, 7) is 3.84. The SMILES string of the molecule is C[C@@H]1CCCN(c2cc(Nc3ccccc3O)c([N+](=O)[O-])c3nonc23)C1. The second-order valence-corrected chi connectivity index (χ2v) is 6.85. The summed E-state index contributed by atoms with van der Waals surface area (Å²) in [4.78, 5) is 13.4. The summed E-state index contributed by atoms with van der Waals surface area (Å²) >= 11 is 0. The number of phenols is 1. The molecule has 0 bridgehead atoms. The van der Waals surface area contributed by atoms with Crippen molar-refractivity contribution in [3.63, 3.8) is 0 Å². The second kappa shape index (κ2) is 6.75. The van der Waals surface area contributed by atoms with Crippen LogP contribution in [-0.2, 0) is 0 Å². The number of aromatic nitrogens is 2. The van der Waals surface area contributed by atoms with E-state index in [-0.39, 0.29) is 22.6 Å². The van der Waals surface area contributed by atoms with Crippen LogP contribution < -0.4 is 10.2 Å². The van der Waals surface area contributed by atoms with Gasteiger partial charge in [-0.1, -0.05) is 19.1 Å². The van der Waals surface area contributed by atoms with Crippen molar-refractivity contribution in [1.29, 1.82) is 0 Å². The first-order valence-electron chi connectivity index (χ1n) is 8.78. The van der Waals surface area contributed by atoms with Crippen molar-refractivity contribution >= 4 is 33.8 Å². The number of nitrogens with one attached hydrogen (secondary N) is 1. The maximum atomic E-state index is 11.7. The zero-order valence-corrected chi connectivity index (χ0v) is 14.8. The topological polar surface area (TPSA) is 118 Å². The van der Waals surface area contributed by atoms with E-state index in [0.717, 1.165) is 31.6 Å². The largest absolute Gasteiger partial charge is 0.506 e. The van der Waals surface area contributed by atoms with Gasteiger partial charge in [-0.25, -0.2) is 4.63 Å². The molecule has 1 aliphatic rings. The van der Waals surface area contributed by atoms with Gasteiger partial charge >= 0.3 is 5.69 Å². The minimum Gasteiger partial charge on any atom is -0.506 e. The van der Waals surface area contributed by atoms with Crippen LogP contribution in [0.5, 0.6) is 5.75 Å². The molecule has 9 heteroatoms. The number of piperidine rings is 1. The average Bonchev–Trinajstić information content (AvgIpc) is 3.12. The van der Waals surface area contributed by atoms with Crippen molar-refractivity contribution in [2.45, 2.75) is 19.8 Å². The Labute approximate surface area is 154 Å². The zero-order valence-electron chi connectivity index (χ0n) is 14.8. The standard InChI is InChI=1S/C18H19N5O4/c1-11-5-4-8-22(10-11)14-9-13(19-12-6-2-3-7-15(12)24)18(23(25)26)17-16(14)20-27-21-17/h2-3,6-7,9,11,19,24H,4-5,8,10H2,1H3/t11-/m1/s1. The van der Waals surface area contributed by atoms with Gasteiger partial charge in [-0.05, 0) is 47.3 Å². The molecule has 140 valence electrons. The molecule has 0 saturated carbocycles. The number of fused-ring (bicyclic) bond motifs is 1. The predicted molar refractivity (Wildman–Crippen MR) is 100 cm³/mol. The fourth-order valence-corrected chi connectivity index (χ4v) is 3.57. The van der Waals surface area contributed by atoms with Crippen LogP contribution in [0.25, 0.3) is 11.0 Å². The first-order chi connectivity index (χ1) is 13.0. The monoisotopic (exact) mass is 369 g/mol. The molecule has 1 atom stereocenters. The van der Waals surface area contributed by atoms with Gasteiger partial charge in [0.15, 0.2) is 5.52 Å². The number of hydrogen-bond donors (Lipinski definition) is 2. The number of aromatic hydroxyl groups is 1. The number of nitro benzene ring substituents is 1. The number of nitrogens with zero attached hydrogens (tertiary/aromatic N) is 4. The molecule has 0 amide bonds. The highest BCUT2D eigenvalue weighted by Crippen LogP contribution is 2.41. The number of hydrogen-bond acceptors (Lipinski definition) is 8. The Morgan fingerprint density at radius 2 is 2.07 bits per heavy atom. The minimum absolute atomic E-state index is 0.00156. The molecule has 0 unspecified atom stereocenters. The molecule has 2 N–H and O–H groups in total. The first kappa shape index (κ1) is 17.1. The lowest BCUT2D eigenvalue weighted by Gasteiger charge is -2.32. The van der Waals surface area contributed by atoms with Crippen molar-refractivity contribution < 1.29 is 14.7 Å². The summed E-state index contributed by atoms with van der Waals surface area (Å²) in [6.07, 6.45) is 2.18. The van der Waals surface area contributed by atoms with Gasteiger partial charge in [-0.2, -0.15) is 0 Å². The number of para-hydroxylation sites is 2. The minimum atomic E-state index is -0.516. The summed E-state index contributed by atoms with van der Waals surface area (Å²) in [5.74, 6) is 0.511. The van der Waals surface area contributed by atoms with E-state index in [1.165, 1.54) is 6.07 Å². The third-order valence-corrected chi connectivity index (χ3v) is 4.85. The Morgan fingerprint density at radius 1 is 1.30 bits per heavy atom. The molecular weight excluding hydrogens is 350 g/mol. The van der Waals surface area contributed by atoms with Crippen molar-refractivity contribution in [3.05, 3.63) is 40.4 Å². The van der Waals surface area contributed by atoms with Crippen molar-refractivity contribution in [3.8, 4) is 5.75 Å². The highest BCUT2D eigenvalue weighted by molar-refractivity contribution is 6.00. The maximum Gasteiger partial charge on any atom is 0.324 e. The van der Waals surface area contributed by atoms with E-state index in [2.05, 4.69) is 27.5 Å². The van der Waals surface area contributed by atoms with Gasteiger partial charge in [-0.3, -0.25) is 10.1 Å². The van der Waals surface area contributed by atoms with Crippen LogP contribution >= 0.6 is 0 Å². The highest BCUT2D eigenvalue weighted by atomic mass is 16.6. The molecule has 0 radical (unpaired) electrons. The molecule has 1 aromatic heterocycles. The lowest BCUT2D eigenvalue weighted by Crippen LogP contribution is -2.34. The van der Waals surface area contributed by atoms with Crippen molar-refractivity contribution in [2.24, 2.45) is 5.92 Å². The van der Waals surface area contributed by atoms with Gasteiger partial charge in [0.05, 0.1) is 16.3 Å². The molecule has 0 aliphatic carbocycles. The van der Waals surface area contributed by atoms with E-state index in [9.17, 15) is 15.2 Å². The number of benzene rings is 2. The number of anilines is 3. The molecule has 2 aromatic carbocycles. The summed E-state index contributed by atoms with van der Waals surface area (Å²) < 4.78 is 4.83. The Morgan fingerprint density at radius 3 is 2.81 bits per heavy atom. The molecule has 1 saturated heterocycles. The fraction of sp³-hybridized carbons (Fsp3) is 0.333. The van der Waals surface area contributed by atoms with E-state index in [4.69, 9.17) is 4.63 Å². The van der Waals surface area contributed by atoms with E-state index >= 15 is 0 Å². The molecular formula is C18H19N5O4. The Hall–Kier alpha value is -3.36. The Balaban J connectivity index is 1.87. The number of nitro groups is 1. The van der Waals surface area contributed by atoms with Crippen molar-refractivity contribution in [1.82, 2.24) is 10.3 Å². The smallest absolute Gasteiger partial charge is 0.324 e. The molecule has 0 spiro atoms. The summed E-state index contributed by atoms with van der Waals surface area (Å²) in [5, 5.41) is 32.4. The van der Waals surface area contributed by atoms with Gasteiger partial charge < -0.3 is 15.3 Å². The first-order valence-corrected chi connectivity index (χ1v) is 8.78. The Kier molecular flexibility index (Phi) is 4.27. The molecule has 9 nitrogen and oxygen atoms in total. The van der Waals surface area contributed by atoms with Gasteiger partial charge in [0.25, 0.3) is 0 Å². The molecule has 27 heavy (non-hydrogen) atoms. The number of rotatable bonds is 4. The Bertz CT molecular complexity index is 1000. The molecule has 1 fully saturated rings. The predicted octanol–water partition coefficient (Wildman–Crippen LogP) is 3.82. The fourth-order valence-electron chi connectivity index (χ4n) is 3.57. The summed E-state index contributed by atoms with van der Waals surface area (Å²) in [6, 6.07) is 8.26. The van der Waals surface area contributed by atoms with Crippen LogP contribution in [0.4, 0.5) is 22.7 Å². The normalized spacial score (nSPS) is 17.2. The van der Waals surface area contributed by atoms with Gasteiger partial charge in [-0.15, -0.1) is 0 Å². The van der Waals surface area contributed by atoms with Crippen LogP contribution in [-0.4, -0.2) is 33.4 Å². The average molecular weight is 369 g/mol. The zero-order chi connectivity index (χ0) is 19.0. The summed E-state index contributed by atoms with van der Waals surface area (Å²) in [7, 11) is 0. The van der Waals surface area contributed by atoms with Crippen LogP contribution in [0.3, 0.4) is 0 Å². The van der Waals surface area contributed by atoms with Crippen LogP contribution in [0.2, 0.25) is 0 Å². The summed E-state index contributed by atoms with van der Waals surface area (Å²) in [5.41, 5.74) is 1.57. The third kappa shape index (κ3) is 3.12. The second-order valence-electron chi connectivity index (χ2n) is 6.85. The van der Waals surface area contributed by atoms with E-state index in [1.807, 2.05) is 0 Å². The quantitative estimate of drug-likeness (QED) is 0.405. The van der Waals surface area contributed by atoms with E-state index in [1.54, 1.807) is 24.3 Å². The lowest BCUT2D eigenvalue weighted by atomic mass is 9.99. The van der Waals surface area contributed by atoms with Crippen molar-refractivity contribution in [2.75, 3.05) is 23.3 Å². The van der Waals surface area contributed by atoms with Gasteiger partial charge in [0.1, 0.15) is 11.4 Å². The maximum absolute atomic E-state index is 11.7. The number of phenolic OH excluding ortho intramolecular Hbond substituents is 1.